The number of rotatable bonds is 6. The van der Waals surface area contributed by atoms with Gasteiger partial charge in [0.2, 0.25) is 5.91 Å². The molecule has 0 radical (unpaired) electrons. The third kappa shape index (κ3) is 4.86. The number of hydrogen-bond acceptors (Lipinski definition) is 6. The molecule has 33 heavy (non-hydrogen) atoms. The van der Waals surface area contributed by atoms with Gasteiger partial charge >= 0.3 is 0 Å². The van der Waals surface area contributed by atoms with Crippen LogP contribution in [-0.4, -0.2) is 26.6 Å². The number of amides is 1. The third-order valence-corrected chi connectivity index (χ3v) is 7.72. The second-order valence-electron chi connectivity index (χ2n) is 7.11. The molecular weight excluding hydrogens is 542 g/mol. The Kier molecular flexibility index (Phi) is 6.55. The Balaban J connectivity index is 1.40. The zero-order valence-corrected chi connectivity index (χ0v) is 21.1. The van der Waals surface area contributed by atoms with Crippen molar-refractivity contribution in [1.29, 1.82) is 0 Å². The Labute approximate surface area is 212 Å². The molecule has 1 saturated heterocycles. The first-order valence-electron chi connectivity index (χ1n) is 10.00. The largest absolute Gasteiger partial charge is 0.303 e. The zero-order chi connectivity index (χ0) is 22.8. The lowest BCUT2D eigenvalue weighted by Gasteiger charge is -2.16. The summed E-state index contributed by atoms with van der Waals surface area (Å²) in [6, 6.07) is 21.2. The molecule has 6 nitrogen and oxygen atoms in total. The Morgan fingerprint density at radius 3 is 2.58 bits per heavy atom. The molecule has 2 aromatic heterocycles. The molecule has 0 saturated carbocycles. The summed E-state index contributed by atoms with van der Waals surface area (Å²) in [5, 5.41) is 10.6. The van der Waals surface area contributed by atoms with Gasteiger partial charge in [0, 0.05) is 16.8 Å². The number of carbonyl (C=O) groups is 1. The van der Waals surface area contributed by atoms with Crippen molar-refractivity contribution in [2.24, 2.45) is 5.10 Å². The molecule has 10 heteroatoms. The van der Waals surface area contributed by atoms with Crippen LogP contribution in [0.1, 0.15) is 5.56 Å². The van der Waals surface area contributed by atoms with Crippen molar-refractivity contribution < 1.29 is 4.79 Å². The minimum atomic E-state index is -0.0103. The Morgan fingerprint density at radius 2 is 1.85 bits per heavy atom. The van der Waals surface area contributed by atoms with Gasteiger partial charge in [0.15, 0.2) is 5.17 Å². The number of benzene rings is 2. The van der Waals surface area contributed by atoms with E-state index in [1.54, 1.807) is 28.4 Å². The average molecular weight is 559 g/mol. The molecule has 1 fully saturated rings. The molecule has 166 valence electrons. The van der Waals surface area contributed by atoms with Gasteiger partial charge in [-0.2, -0.15) is 10.2 Å². The van der Waals surface area contributed by atoms with E-state index in [0.29, 0.717) is 22.5 Å². The number of anilines is 1. The number of nitrogens with one attached hydrogen (secondary N) is 1. The molecular formula is C23H17BrClN5OS2. The fourth-order valence-electron chi connectivity index (χ4n) is 3.38. The number of halogens is 2. The molecule has 5 rings (SSSR count). The number of nitrogens with zero attached hydrogens (tertiary/aromatic N) is 4. The van der Waals surface area contributed by atoms with Crippen LogP contribution in [0, 0.1) is 0 Å². The highest BCUT2D eigenvalue weighted by Gasteiger charge is 2.29. The van der Waals surface area contributed by atoms with Crippen molar-refractivity contribution in [3.8, 4) is 16.3 Å². The lowest BCUT2D eigenvalue weighted by molar-refractivity contribution is -0.115. The van der Waals surface area contributed by atoms with Gasteiger partial charge in [0.25, 0.3) is 0 Å². The Bertz CT molecular complexity index is 1320. The van der Waals surface area contributed by atoms with Gasteiger partial charge in [0.1, 0.15) is 5.69 Å². The van der Waals surface area contributed by atoms with Gasteiger partial charge in [-0.15, -0.1) is 11.3 Å². The number of hydrogen-bond donors (Lipinski definition) is 1. The van der Waals surface area contributed by atoms with Crippen LogP contribution in [0.4, 0.5) is 5.69 Å². The minimum absolute atomic E-state index is 0.0103. The summed E-state index contributed by atoms with van der Waals surface area (Å²) in [6.45, 7) is 0.463. The summed E-state index contributed by atoms with van der Waals surface area (Å²) in [5.74, 6) is 0.340. The number of para-hydroxylation sites is 1. The van der Waals surface area contributed by atoms with E-state index in [2.05, 4.69) is 32.5 Å². The fraction of sp³-hybridized carbons (Fsp3) is 0.0870. The second-order valence-corrected chi connectivity index (χ2v) is 11.0. The topological polar surface area (TPSA) is 62.5 Å². The maximum absolute atomic E-state index is 12.5. The number of aromatic nitrogens is 2. The lowest BCUT2D eigenvalue weighted by Crippen LogP contribution is -2.30. The molecule has 0 atom stereocenters. The van der Waals surface area contributed by atoms with Crippen LogP contribution in [0.5, 0.6) is 0 Å². The number of thiophene rings is 1. The summed E-state index contributed by atoms with van der Waals surface area (Å²) >= 11 is 12.6. The summed E-state index contributed by atoms with van der Waals surface area (Å²) in [7, 11) is 0. The highest BCUT2D eigenvalue weighted by Crippen LogP contribution is 2.33. The van der Waals surface area contributed by atoms with Crippen LogP contribution in [0.15, 0.2) is 81.8 Å². The molecule has 0 bridgehead atoms. The van der Waals surface area contributed by atoms with E-state index < -0.39 is 0 Å². The van der Waals surface area contributed by atoms with Crippen LogP contribution in [0.25, 0.3) is 16.3 Å². The van der Waals surface area contributed by atoms with Crippen molar-refractivity contribution in [2.45, 2.75) is 6.54 Å². The zero-order valence-electron chi connectivity index (χ0n) is 17.1. The van der Waals surface area contributed by atoms with E-state index in [9.17, 15) is 4.79 Å². The number of amidine groups is 1. The van der Waals surface area contributed by atoms with Crippen LogP contribution in [0.3, 0.4) is 0 Å². The average Bonchev–Trinajstić information content (AvgIpc) is 3.54. The molecule has 3 heterocycles. The predicted octanol–water partition coefficient (Wildman–Crippen LogP) is 6.16. The molecule has 4 aromatic rings. The molecule has 1 amide bonds. The normalized spacial score (nSPS) is 14.9. The van der Waals surface area contributed by atoms with Crippen LogP contribution in [-0.2, 0) is 11.3 Å². The van der Waals surface area contributed by atoms with E-state index >= 15 is 0 Å². The first-order chi connectivity index (χ1) is 16.1. The minimum Gasteiger partial charge on any atom is -0.303 e. The lowest BCUT2D eigenvalue weighted by atomic mass is 10.2. The van der Waals surface area contributed by atoms with Gasteiger partial charge in [-0.1, -0.05) is 41.6 Å². The summed E-state index contributed by atoms with van der Waals surface area (Å²) < 4.78 is 2.92. The van der Waals surface area contributed by atoms with Crippen molar-refractivity contribution in [3.63, 3.8) is 0 Å². The third-order valence-electron chi connectivity index (χ3n) is 4.91. The maximum atomic E-state index is 12.5. The number of carbonyl (C=O) groups excluding carboxylic acids is 1. The smallest absolute Gasteiger partial charge is 0.243 e. The van der Waals surface area contributed by atoms with E-state index in [4.69, 9.17) is 16.7 Å². The molecule has 0 spiro atoms. The molecule has 0 aliphatic carbocycles. The van der Waals surface area contributed by atoms with Crippen LogP contribution < -0.4 is 10.3 Å². The maximum Gasteiger partial charge on any atom is 0.243 e. The fourth-order valence-corrected chi connectivity index (χ4v) is 5.76. The molecule has 0 unspecified atom stereocenters. The highest BCUT2D eigenvalue weighted by atomic mass is 79.9. The standard InChI is InChI=1S/C23H17BrClN5OS2/c24-20-11-10-19(33-20)22-15(13-29(28-22)17-4-2-1-3-5-17)12-26-27-23-30(21(31)14-32-23)18-8-6-16(25)7-9-18/h1-11,13,26H,12,14H2/b27-23-. The van der Waals surface area contributed by atoms with Gasteiger partial charge in [-0.05, 0) is 64.5 Å². The van der Waals surface area contributed by atoms with Gasteiger partial charge in [0.05, 0.1) is 32.3 Å². The first kappa shape index (κ1) is 22.2. The number of hydrazone groups is 1. The van der Waals surface area contributed by atoms with Crippen molar-refractivity contribution >= 4 is 67.4 Å². The molecule has 1 N–H and O–H groups in total. The van der Waals surface area contributed by atoms with Gasteiger partial charge in [-0.25, -0.2) is 4.68 Å². The summed E-state index contributed by atoms with van der Waals surface area (Å²) in [5.41, 5.74) is 6.77. The van der Waals surface area contributed by atoms with Crippen molar-refractivity contribution in [3.05, 3.63) is 87.3 Å². The van der Waals surface area contributed by atoms with Gasteiger partial charge in [-0.3, -0.25) is 9.69 Å². The van der Waals surface area contributed by atoms with E-state index in [1.807, 2.05) is 59.4 Å². The quantitative estimate of drug-likeness (QED) is 0.288. The van der Waals surface area contributed by atoms with E-state index in [1.165, 1.54) is 11.8 Å². The Morgan fingerprint density at radius 1 is 1.06 bits per heavy atom. The molecule has 1 aliphatic rings. The SMILES string of the molecule is O=C1CS/C(=N\NCc2cn(-c3ccccc3)nc2-c2ccc(Br)s2)N1c1ccc(Cl)cc1. The van der Waals surface area contributed by atoms with Gasteiger partial charge < -0.3 is 5.43 Å². The summed E-state index contributed by atoms with van der Waals surface area (Å²) in [4.78, 5) is 15.1. The van der Waals surface area contributed by atoms with E-state index in [0.717, 1.165) is 31.3 Å². The Hall–Kier alpha value is -2.59. The van der Waals surface area contributed by atoms with Crippen molar-refractivity contribution in [2.75, 3.05) is 10.7 Å². The van der Waals surface area contributed by atoms with Crippen LogP contribution in [0.2, 0.25) is 5.02 Å². The monoisotopic (exact) mass is 557 g/mol. The van der Waals surface area contributed by atoms with Crippen molar-refractivity contribution in [1.82, 2.24) is 15.2 Å². The molecule has 2 aromatic carbocycles. The van der Waals surface area contributed by atoms with E-state index in [-0.39, 0.29) is 5.91 Å². The highest BCUT2D eigenvalue weighted by molar-refractivity contribution is 9.11. The summed E-state index contributed by atoms with van der Waals surface area (Å²) in [6.07, 6.45) is 2.01. The molecule has 1 aliphatic heterocycles. The number of thioether (sulfide) groups is 1. The van der Waals surface area contributed by atoms with Crippen LogP contribution >= 0.6 is 50.6 Å². The first-order valence-corrected chi connectivity index (χ1v) is 13.0. The second kappa shape index (κ2) is 9.72. The predicted molar refractivity (Wildman–Crippen MR) is 140 cm³/mol.